The molecule has 3 aromatic carbocycles. The Morgan fingerprint density at radius 3 is 2.79 bits per heavy atom. The summed E-state index contributed by atoms with van der Waals surface area (Å²) in [5.41, 5.74) is 3.19. The number of aryl methyl sites for hydroxylation is 1. The lowest BCUT2D eigenvalue weighted by molar-refractivity contribution is 0.174. The lowest BCUT2D eigenvalue weighted by Crippen LogP contribution is -2.13. The zero-order valence-electron chi connectivity index (χ0n) is 17.7. The molecule has 0 radical (unpaired) electrons. The number of nitriles is 1. The zero-order valence-corrected chi connectivity index (χ0v) is 17.7. The first-order valence-electron chi connectivity index (χ1n) is 10.2. The molecule has 9 heteroatoms. The Labute approximate surface area is 189 Å². The van der Waals surface area contributed by atoms with Crippen LogP contribution in [-0.4, -0.2) is 27.4 Å². The average molecular weight is 441 g/mol. The van der Waals surface area contributed by atoms with E-state index in [0.29, 0.717) is 35.2 Å². The van der Waals surface area contributed by atoms with Crippen LogP contribution in [0.4, 0.5) is 0 Å². The highest BCUT2D eigenvalue weighted by atomic mass is 16.7. The van der Waals surface area contributed by atoms with Gasteiger partial charge in [0.15, 0.2) is 23.4 Å². The molecule has 0 saturated carbocycles. The Balaban J connectivity index is 1.40. The van der Waals surface area contributed by atoms with Crippen LogP contribution in [0.3, 0.4) is 0 Å². The first-order valence-corrected chi connectivity index (χ1v) is 10.2. The summed E-state index contributed by atoms with van der Waals surface area (Å²) in [6.07, 6.45) is -0.627. The highest BCUT2D eigenvalue weighted by molar-refractivity contribution is 5.49. The zero-order chi connectivity index (χ0) is 22.6. The van der Waals surface area contributed by atoms with Crippen LogP contribution in [0.25, 0.3) is 0 Å². The predicted octanol–water partition coefficient (Wildman–Crippen LogP) is 3.86. The Kier molecular flexibility index (Phi) is 5.47. The van der Waals surface area contributed by atoms with Crippen molar-refractivity contribution in [3.05, 3.63) is 88.7 Å². The number of rotatable bonds is 7. The number of benzene rings is 3. The highest BCUT2D eigenvalue weighted by Gasteiger charge is 2.23. The van der Waals surface area contributed by atoms with Crippen molar-refractivity contribution in [1.82, 2.24) is 20.6 Å². The van der Waals surface area contributed by atoms with Gasteiger partial charge in [-0.2, -0.15) is 5.26 Å². The summed E-state index contributed by atoms with van der Waals surface area (Å²) in [4.78, 5) is 0. The molecule has 1 aromatic heterocycles. The van der Waals surface area contributed by atoms with Crippen molar-refractivity contribution in [2.75, 3.05) is 6.79 Å². The SMILES string of the molecule is Cc1ccccc1C(Oc1cc(OCc2ccc3c(c2)OCO3)ccc1C#N)c1nnn[nH]1. The molecule has 1 atom stereocenters. The molecule has 1 aliphatic heterocycles. The second-order valence-corrected chi connectivity index (χ2v) is 7.39. The number of nitrogens with one attached hydrogen (secondary N) is 1. The van der Waals surface area contributed by atoms with Gasteiger partial charge in [-0.05, 0) is 52.7 Å². The van der Waals surface area contributed by atoms with Crippen molar-refractivity contribution in [3.63, 3.8) is 0 Å². The maximum Gasteiger partial charge on any atom is 0.231 e. The second kappa shape index (κ2) is 8.88. The van der Waals surface area contributed by atoms with E-state index >= 15 is 0 Å². The maximum atomic E-state index is 9.63. The number of tetrazole rings is 1. The van der Waals surface area contributed by atoms with Gasteiger partial charge in [0.1, 0.15) is 24.2 Å². The van der Waals surface area contributed by atoms with Gasteiger partial charge in [-0.25, -0.2) is 5.10 Å². The quantitative estimate of drug-likeness (QED) is 0.460. The number of fused-ring (bicyclic) bond motifs is 1. The van der Waals surface area contributed by atoms with Crippen LogP contribution in [0.1, 0.15) is 34.2 Å². The third-order valence-corrected chi connectivity index (χ3v) is 5.24. The molecule has 0 aliphatic carbocycles. The molecule has 0 fully saturated rings. The largest absolute Gasteiger partial charge is 0.489 e. The average Bonchev–Trinajstić information content (AvgIpc) is 3.54. The van der Waals surface area contributed by atoms with Gasteiger partial charge in [0.25, 0.3) is 0 Å². The Bertz CT molecular complexity index is 1320. The van der Waals surface area contributed by atoms with Crippen LogP contribution in [0.15, 0.2) is 60.7 Å². The molecule has 1 unspecified atom stereocenters. The fraction of sp³-hybridized carbons (Fsp3) is 0.167. The van der Waals surface area contributed by atoms with E-state index in [1.807, 2.05) is 49.4 Å². The van der Waals surface area contributed by atoms with E-state index in [-0.39, 0.29) is 6.79 Å². The molecule has 0 spiro atoms. The number of H-pyrrole nitrogens is 1. The van der Waals surface area contributed by atoms with Gasteiger partial charge in [0, 0.05) is 11.6 Å². The Hall–Kier alpha value is -4.58. The van der Waals surface area contributed by atoms with E-state index in [2.05, 4.69) is 26.7 Å². The van der Waals surface area contributed by atoms with Crippen molar-refractivity contribution in [2.24, 2.45) is 0 Å². The lowest BCUT2D eigenvalue weighted by atomic mass is 10.0. The van der Waals surface area contributed by atoms with Gasteiger partial charge >= 0.3 is 0 Å². The summed E-state index contributed by atoms with van der Waals surface area (Å²) < 4.78 is 23.0. The van der Waals surface area contributed by atoms with Crippen LogP contribution >= 0.6 is 0 Å². The van der Waals surface area contributed by atoms with E-state index in [4.69, 9.17) is 18.9 Å². The minimum absolute atomic E-state index is 0.221. The topological polar surface area (TPSA) is 115 Å². The smallest absolute Gasteiger partial charge is 0.231 e. The summed E-state index contributed by atoms with van der Waals surface area (Å²) in [6.45, 7) is 2.51. The highest BCUT2D eigenvalue weighted by Crippen LogP contribution is 2.34. The molecule has 5 rings (SSSR count). The van der Waals surface area contributed by atoms with Crippen molar-refractivity contribution < 1.29 is 18.9 Å². The molecule has 9 nitrogen and oxygen atoms in total. The van der Waals surface area contributed by atoms with Gasteiger partial charge in [-0.15, -0.1) is 5.10 Å². The summed E-state index contributed by atoms with van der Waals surface area (Å²) in [7, 11) is 0. The number of aromatic nitrogens is 4. The van der Waals surface area contributed by atoms with Gasteiger partial charge in [0.2, 0.25) is 6.79 Å². The summed E-state index contributed by atoms with van der Waals surface area (Å²) >= 11 is 0. The van der Waals surface area contributed by atoms with Crippen LogP contribution in [-0.2, 0) is 6.61 Å². The van der Waals surface area contributed by atoms with Crippen LogP contribution < -0.4 is 18.9 Å². The van der Waals surface area contributed by atoms with E-state index < -0.39 is 6.10 Å². The molecule has 1 aliphatic rings. The first kappa shape index (κ1) is 20.3. The van der Waals surface area contributed by atoms with Crippen molar-refractivity contribution in [2.45, 2.75) is 19.6 Å². The molecule has 0 amide bonds. The normalized spacial score (nSPS) is 12.7. The van der Waals surface area contributed by atoms with Crippen LogP contribution in [0.2, 0.25) is 0 Å². The minimum atomic E-state index is -0.627. The number of aromatic amines is 1. The lowest BCUT2D eigenvalue weighted by Gasteiger charge is -2.20. The monoisotopic (exact) mass is 441 g/mol. The number of ether oxygens (including phenoxy) is 4. The summed E-state index contributed by atoms with van der Waals surface area (Å²) in [5, 5.41) is 23.8. The van der Waals surface area contributed by atoms with Crippen molar-refractivity contribution in [3.8, 4) is 29.1 Å². The van der Waals surface area contributed by atoms with Crippen molar-refractivity contribution in [1.29, 1.82) is 5.26 Å². The van der Waals surface area contributed by atoms with Gasteiger partial charge < -0.3 is 18.9 Å². The van der Waals surface area contributed by atoms with Gasteiger partial charge in [0.05, 0.1) is 5.56 Å². The van der Waals surface area contributed by atoms with E-state index in [1.165, 1.54) is 0 Å². The van der Waals surface area contributed by atoms with Crippen LogP contribution in [0, 0.1) is 18.3 Å². The molecule has 0 bridgehead atoms. The molecular formula is C24H19N5O4. The number of hydrogen-bond acceptors (Lipinski definition) is 8. The second-order valence-electron chi connectivity index (χ2n) is 7.39. The molecule has 1 N–H and O–H groups in total. The third-order valence-electron chi connectivity index (χ3n) is 5.24. The summed E-state index contributed by atoms with van der Waals surface area (Å²) in [5.74, 6) is 2.77. The molecule has 0 saturated heterocycles. The molecule has 164 valence electrons. The fourth-order valence-corrected chi connectivity index (χ4v) is 3.53. The Morgan fingerprint density at radius 2 is 1.97 bits per heavy atom. The van der Waals surface area contributed by atoms with E-state index in [9.17, 15) is 5.26 Å². The molecule has 4 aromatic rings. The summed E-state index contributed by atoms with van der Waals surface area (Å²) in [6, 6.07) is 20.7. The molecular weight excluding hydrogens is 422 g/mol. The van der Waals surface area contributed by atoms with Gasteiger partial charge in [-0.1, -0.05) is 30.3 Å². The predicted molar refractivity (Wildman–Crippen MR) is 116 cm³/mol. The number of hydrogen-bond donors (Lipinski definition) is 1. The molecule has 33 heavy (non-hydrogen) atoms. The fourth-order valence-electron chi connectivity index (χ4n) is 3.53. The first-order chi connectivity index (χ1) is 16.2. The maximum absolute atomic E-state index is 9.63. The number of nitrogens with zero attached hydrogens (tertiary/aromatic N) is 4. The van der Waals surface area contributed by atoms with Crippen molar-refractivity contribution >= 4 is 0 Å². The third kappa shape index (κ3) is 4.27. The minimum Gasteiger partial charge on any atom is -0.489 e. The van der Waals surface area contributed by atoms with E-state index in [1.54, 1.807) is 18.2 Å². The van der Waals surface area contributed by atoms with Gasteiger partial charge in [-0.3, -0.25) is 0 Å². The van der Waals surface area contributed by atoms with E-state index in [0.717, 1.165) is 22.4 Å². The van der Waals surface area contributed by atoms with Crippen LogP contribution in [0.5, 0.6) is 23.0 Å². The molecule has 2 heterocycles. The standard InChI is InChI=1S/C24H19N5O4/c1-15-4-2-3-5-19(15)23(24-26-28-29-27-24)33-21-11-18(8-7-17(21)12-25)30-13-16-6-9-20-22(10-16)32-14-31-20/h2-11,23H,13-14H2,1H3,(H,26,27,28,29). The Morgan fingerprint density at radius 1 is 1.09 bits per heavy atom.